The number of benzene rings is 1. The third-order valence-electron chi connectivity index (χ3n) is 6.14. The van der Waals surface area contributed by atoms with Crippen molar-refractivity contribution < 1.29 is 14.6 Å². The zero-order valence-corrected chi connectivity index (χ0v) is 15.7. The predicted molar refractivity (Wildman–Crippen MR) is 101 cm³/mol. The van der Waals surface area contributed by atoms with Gasteiger partial charge in [-0.05, 0) is 55.2 Å². The Hall–Kier alpha value is -1.74. The van der Waals surface area contributed by atoms with Gasteiger partial charge in [0, 0.05) is 12.0 Å². The van der Waals surface area contributed by atoms with E-state index in [9.17, 15) is 5.11 Å². The van der Waals surface area contributed by atoms with Crippen molar-refractivity contribution in [1.82, 2.24) is 0 Å². The van der Waals surface area contributed by atoms with Crippen LogP contribution in [0.2, 0.25) is 0 Å². The average molecular weight is 342 g/mol. The maximum atomic E-state index is 10.5. The molecule has 1 saturated carbocycles. The van der Waals surface area contributed by atoms with Crippen LogP contribution in [0.25, 0.3) is 0 Å². The quantitative estimate of drug-likeness (QED) is 0.802. The Balaban J connectivity index is 2.01. The molecule has 0 saturated heterocycles. The second-order valence-electron chi connectivity index (χ2n) is 8.21. The molecule has 25 heavy (non-hydrogen) atoms. The minimum absolute atomic E-state index is 0.165. The average Bonchev–Trinajstić information content (AvgIpc) is 2.56. The van der Waals surface area contributed by atoms with E-state index in [0.29, 0.717) is 6.61 Å². The van der Waals surface area contributed by atoms with E-state index in [1.807, 2.05) is 12.1 Å². The molecule has 0 amide bonds. The van der Waals surface area contributed by atoms with Gasteiger partial charge in [-0.15, -0.1) is 6.58 Å². The van der Waals surface area contributed by atoms with Crippen molar-refractivity contribution in [3.63, 3.8) is 0 Å². The Bertz CT molecular complexity index is 676. The van der Waals surface area contributed by atoms with Crippen LogP contribution in [-0.4, -0.2) is 23.4 Å². The first-order valence-electron chi connectivity index (χ1n) is 9.19. The highest BCUT2D eigenvalue weighted by Crippen LogP contribution is 2.53. The van der Waals surface area contributed by atoms with E-state index in [2.05, 4.69) is 40.0 Å². The summed E-state index contributed by atoms with van der Waals surface area (Å²) in [5.41, 5.74) is 1.91. The van der Waals surface area contributed by atoms with Crippen LogP contribution in [0.1, 0.15) is 44.7 Å². The molecule has 3 heteroatoms. The van der Waals surface area contributed by atoms with Gasteiger partial charge in [-0.1, -0.05) is 32.6 Å². The van der Waals surface area contributed by atoms with Crippen molar-refractivity contribution in [3.8, 4) is 11.5 Å². The summed E-state index contributed by atoms with van der Waals surface area (Å²) in [6, 6.07) is 4.21. The van der Waals surface area contributed by atoms with Crippen LogP contribution in [0, 0.1) is 11.3 Å². The molecule has 1 aromatic carbocycles. The number of aliphatic hydroxyl groups excluding tert-OH is 1. The van der Waals surface area contributed by atoms with Gasteiger partial charge in [0.1, 0.15) is 23.7 Å². The monoisotopic (exact) mass is 342 g/mol. The molecule has 0 radical (unpaired) electrons. The molecule has 1 aromatic rings. The first-order chi connectivity index (χ1) is 11.8. The molecule has 1 fully saturated rings. The van der Waals surface area contributed by atoms with Crippen LogP contribution >= 0.6 is 0 Å². The van der Waals surface area contributed by atoms with E-state index in [-0.39, 0.29) is 23.0 Å². The van der Waals surface area contributed by atoms with Crippen molar-refractivity contribution in [2.75, 3.05) is 6.61 Å². The normalized spacial score (nSPS) is 29.8. The summed E-state index contributed by atoms with van der Waals surface area (Å²) in [5, 5.41) is 10.5. The molecule has 1 heterocycles. The summed E-state index contributed by atoms with van der Waals surface area (Å²) in [6.45, 7) is 14.6. The van der Waals surface area contributed by atoms with Gasteiger partial charge in [-0.25, -0.2) is 0 Å². The number of allylic oxidation sites excluding steroid dienone is 1. The predicted octanol–water partition coefficient (Wildman–Crippen LogP) is 4.47. The standard InChI is InChI=1S/C22H30O3/c1-6-8-15-12-16-13-19-21(3,4)20(23)9-10-22(19,5)25-18(16)14-17(15)24-11-7-2/h6-7,12,14,19-20,23H,1-2,8-11,13H2,3-5H3/t19-,20-,22-/m1/s1. The first kappa shape index (κ1) is 18.1. The molecule has 1 aliphatic carbocycles. The molecule has 0 unspecified atom stereocenters. The van der Waals surface area contributed by atoms with Crippen LogP contribution in [-0.2, 0) is 12.8 Å². The van der Waals surface area contributed by atoms with Crippen LogP contribution in [0.4, 0.5) is 0 Å². The smallest absolute Gasteiger partial charge is 0.127 e. The lowest BCUT2D eigenvalue weighted by Crippen LogP contribution is -2.58. The molecule has 3 nitrogen and oxygen atoms in total. The van der Waals surface area contributed by atoms with Crippen LogP contribution in [0.3, 0.4) is 0 Å². The van der Waals surface area contributed by atoms with Gasteiger partial charge in [0.15, 0.2) is 0 Å². The van der Waals surface area contributed by atoms with Crippen molar-refractivity contribution >= 4 is 0 Å². The fourth-order valence-corrected chi connectivity index (χ4v) is 4.57. The van der Waals surface area contributed by atoms with Gasteiger partial charge in [0.05, 0.1) is 6.10 Å². The minimum atomic E-state index is -0.279. The molecule has 2 aliphatic rings. The Morgan fingerprint density at radius 3 is 2.72 bits per heavy atom. The summed E-state index contributed by atoms with van der Waals surface area (Å²) < 4.78 is 12.4. The summed E-state index contributed by atoms with van der Waals surface area (Å²) in [6.07, 6.45) is 6.70. The second kappa shape index (κ2) is 6.53. The third-order valence-corrected chi connectivity index (χ3v) is 6.14. The minimum Gasteiger partial charge on any atom is -0.489 e. The maximum absolute atomic E-state index is 10.5. The zero-order chi connectivity index (χ0) is 18.2. The van der Waals surface area contributed by atoms with Crippen molar-refractivity contribution in [2.24, 2.45) is 11.3 Å². The molecule has 1 N–H and O–H groups in total. The van der Waals surface area contributed by atoms with E-state index in [1.54, 1.807) is 6.08 Å². The van der Waals surface area contributed by atoms with Gasteiger partial charge < -0.3 is 14.6 Å². The van der Waals surface area contributed by atoms with Crippen LogP contribution in [0.5, 0.6) is 11.5 Å². The fraction of sp³-hybridized carbons (Fsp3) is 0.545. The number of rotatable bonds is 5. The summed E-state index contributed by atoms with van der Waals surface area (Å²) in [5.74, 6) is 2.04. The molecule has 0 aromatic heterocycles. The van der Waals surface area contributed by atoms with Gasteiger partial charge in [-0.2, -0.15) is 0 Å². The fourth-order valence-electron chi connectivity index (χ4n) is 4.57. The van der Waals surface area contributed by atoms with E-state index in [4.69, 9.17) is 9.47 Å². The molecular formula is C22H30O3. The van der Waals surface area contributed by atoms with Crippen molar-refractivity contribution in [3.05, 3.63) is 48.6 Å². The Morgan fingerprint density at radius 2 is 2.04 bits per heavy atom. The van der Waals surface area contributed by atoms with E-state index >= 15 is 0 Å². The van der Waals surface area contributed by atoms with Gasteiger partial charge in [-0.3, -0.25) is 0 Å². The van der Waals surface area contributed by atoms with E-state index in [1.165, 1.54) is 5.56 Å². The van der Waals surface area contributed by atoms with Crippen LogP contribution < -0.4 is 9.47 Å². The number of hydrogen-bond acceptors (Lipinski definition) is 3. The number of ether oxygens (including phenoxy) is 2. The highest BCUT2D eigenvalue weighted by molar-refractivity contribution is 5.49. The summed E-state index contributed by atoms with van der Waals surface area (Å²) in [4.78, 5) is 0. The topological polar surface area (TPSA) is 38.7 Å². The maximum Gasteiger partial charge on any atom is 0.127 e. The summed E-state index contributed by atoms with van der Waals surface area (Å²) >= 11 is 0. The summed E-state index contributed by atoms with van der Waals surface area (Å²) in [7, 11) is 0. The Morgan fingerprint density at radius 1 is 1.28 bits per heavy atom. The molecule has 1 aliphatic heterocycles. The number of fused-ring (bicyclic) bond motifs is 2. The zero-order valence-electron chi connectivity index (χ0n) is 15.7. The number of hydrogen-bond donors (Lipinski definition) is 1. The van der Waals surface area contributed by atoms with Gasteiger partial charge in [0.25, 0.3) is 0 Å². The lowest BCUT2D eigenvalue weighted by molar-refractivity contribution is -0.137. The molecule has 3 atom stereocenters. The van der Waals surface area contributed by atoms with Crippen molar-refractivity contribution in [1.29, 1.82) is 0 Å². The molecule has 3 rings (SSSR count). The van der Waals surface area contributed by atoms with Gasteiger partial charge >= 0.3 is 0 Å². The second-order valence-corrected chi connectivity index (χ2v) is 8.21. The van der Waals surface area contributed by atoms with Gasteiger partial charge in [0.2, 0.25) is 0 Å². The molecule has 0 spiro atoms. The van der Waals surface area contributed by atoms with Crippen molar-refractivity contribution in [2.45, 2.75) is 58.2 Å². The Labute approximate surface area is 151 Å². The van der Waals surface area contributed by atoms with Crippen LogP contribution in [0.15, 0.2) is 37.4 Å². The SMILES string of the molecule is C=CCOc1cc2c(cc1CC=C)C[C@@H]1C(C)(C)[C@H](O)CC[C@@]1(C)O2. The highest BCUT2D eigenvalue weighted by atomic mass is 16.5. The lowest BCUT2D eigenvalue weighted by atomic mass is 9.57. The van der Waals surface area contributed by atoms with E-state index < -0.39 is 0 Å². The largest absolute Gasteiger partial charge is 0.489 e. The molecule has 136 valence electrons. The first-order valence-corrected chi connectivity index (χ1v) is 9.19. The molecular weight excluding hydrogens is 312 g/mol. The Kier molecular flexibility index (Phi) is 4.72. The lowest BCUT2D eigenvalue weighted by Gasteiger charge is -2.55. The van der Waals surface area contributed by atoms with E-state index in [0.717, 1.165) is 42.7 Å². The molecule has 0 bridgehead atoms. The highest BCUT2D eigenvalue weighted by Gasteiger charge is 2.54. The number of aliphatic hydroxyl groups is 1. The third kappa shape index (κ3) is 3.10.